The van der Waals surface area contributed by atoms with Crippen molar-refractivity contribution in [2.75, 3.05) is 32.8 Å². The zero-order valence-electron chi connectivity index (χ0n) is 17.2. The second-order valence-electron chi connectivity index (χ2n) is 9.40. The molecule has 1 aromatic rings. The molecule has 0 radical (unpaired) electrons. The topological polar surface area (TPSA) is 78.5 Å². The van der Waals surface area contributed by atoms with Crippen molar-refractivity contribution in [1.29, 1.82) is 0 Å². The van der Waals surface area contributed by atoms with E-state index in [9.17, 15) is 9.59 Å². The largest absolute Gasteiger partial charge is 0.379 e. The summed E-state index contributed by atoms with van der Waals surface area (Å²) in [5, 5.41) is 7.40. The quantitative estimate of drug-likeness (QED) is 0.843. The molecule has 0 spiro atoms. The molecule has 2 atom stereocenters. The Morgan fingerprint density at radius 3 is 2.76 bits per heavy atom. The van der Waals surface area contributed by atoms with Crippen molar-refractivity contribution in [1.82, 2.24) is 20.0 Å². The molecule has 158 valence electrons. The van der Waals surface area contributed by atoms with Crippen LogP contribution in [0.3, 0.4) is 0 Å². The summed E-state index contributed by atoms with van der Waals surface area (Å²) in [7, 11) is 0. The number of H-pyrrole nitrogens is 1. The van der Waals surface area contributed by atoms with Gasteiger partial charge >= 0.3 is 0 Å². The standard InChI is InChI=1S/C22H32N4O3/c27-20(9-15-5-2-1-3-6-15)26-11-16-10-25(12-17(26)14-29-13-16)22(28)21-18-7-4-8-19(18)23-24-21/h15-17H,1-14H2,(H,23,24)/t16-,17-/m0/s1. The Bertz CT molecular complexity index is 770. The van der Waals surface area contributed by atoms with Crippen LogP contribution in [0.5, 0.6) is 0 Å². The summed E-state index contributed by atoms with van der Waals surface area (Å²) in [6, 6.07) is -0.0467. The molecule has 3 heterocycles. The van der Waals surface area contributed by atoms with Gasteiger partial charge in [0, 0.05) is 43.2 Å². The Balaban J connectivity index is 1.31. The van der Waals surface area contributed by atoms with Crippen molar-refractivity contribution in [3.05, 3.63) is 17.0 Å². The Hall–Kier alpha value is -1.89. The average Bonchev–Trinajstić information content (AvgIpc) is 3.21. The van der Waals surface area contributed by atoms with E-state index in [1.807, 2.05) is 9.80 Å². The number of fused-ring (bicyclic) bond motifs is 4. The van der Waals surface area contributed by atoms with Crippen molar-refractivity contribution in [2.45, 2.75) is 63.8 Å². The third kappa shape index (κ3) is 3.81. The Morgan fingerprint density at radius 1 is 1.03 bits per heavy atom. The highest BCUT2D eigenvalue weighted by Crippen LogP contribution is 2.30. The van der Waals surface area contributed by atoms with Crippen LogP contribution >= 0.6 is 0 Å². The molecule has 7 heteroatoms. The molecule has 4 aliphatic rings. The summed E-state index contributed by atoms with van der Waals surface area (Å²) in [5.41, 5.74) is 2.82. The lowest BCUT2D eigenvalue weighted by Gasteiger charge is -2.32. The highest BCUT2D eigenvalue weighted by Gasteiger charge is 2.39. The highest BCUT2D eigenvalue weighted by atomic mass is 16.5. The second-order valence-corrected chi connectivity index (χ2v) is 9.40. The zero-order valence-corrected chi connectivity index (χ0v) is 17.2. The van der Waals surface area contributed by atoms with E-state index < -0.39 is 0 Å². The number of amides is 2. The maximum absolute atomic E-state index is 13.3. The predicted molar refractivity (Wildman–Crippen MR) is 108 cm³/mol. The van der Waals surface area contributed by atoms with Crippen LogP contribution in [0.4, 0.5) is 0 Å². The van der Waals surface area contributed by atoms with E-state index in [-0.39, 0.29) is 23.8 Å². The van der Waals surface area contributed by atoms with Crippen LogP contribution in [-0.2, 0) is 22.4 Å². The SMILES string of the molecule is O=C(c1n[nH]c2c1CCC2)N1C[C@@H]2COC[C@H](C1)N(C(=O)CC1CCCCC1)C2. The molecule has 2 bridgehead atoms. The number of carbonyl (C=O) groups is 2. The number of hydrogen-bond donors (Lipinski definition) is 1. The second kappa shape index (κ2) is 8.09. The van der Waals surface area contributed by atoms with Crippen LogP contribution in [-0.4, -0.2) is 70.7 Å². The Labute approximate surface area is 172 Å². The van der Waals surface area contributed by atoms with E-state index in [1.54, 1.807) is 0 Å². The molecule has 2 aliphatic heterocycles. The van der Waals surface area contributed by atoms with Crippen LogP contribution < -0.4 is 0 Å². The molecule has 1 N–H and O–H groups in total. The van der Waals surface area contributed by atoms with Crippen molar-refractivity contribution >= 4 is 11.8 Å². The van der Waals surface area contributed by atoms with E-state index in [2.05, 4.69) is 10.2 Å². The number of hydrogen-bond acceptors (Lipinski definition) is 4. The fourth-order valence-electron chi connectivity index (χ4n) is 5.72. The zero-order chi connectivity index (χ0) is 19.8. The van der Waals surface area contributed by atoms with Gasteiger partial charge in [-0.2, -0.15) is 5.10 Å². The maximum Gasteiger partial charge on any atom is 0.274 e. The Kier molecular flexibility index (Phi) is 5.33. The van der Waals surface area contributed by atoms with Crippen molar-refractivity contribution < 1.29 is 14.3 Å². The number of carbonyl (C=O) groups excluding carboxylic acids is 2. The van der Waals surface area contributed by atoms with E-state index in [1.165, 1.54) is 32.1 Å². The first kappa shape index (κ1) is 19.1. The predicted octanol–water partition coefficient (Wildman–Crippen LogP) is 2.17. The average molecular weight is 401 g/mol. The summed E-state index contributed by atoms with van der Waals surface area (Å²) in [5.74, 6) is 0.980. The van der Waals surface area contributed by atoms with Gasteiger partial charge in [0.1, 0.15) is 0 Å². The minimum Gasteiger partial charge on any atom is -0.379 e. The fourth-order valence-corrected chi connectivity index (χ4v) is 5.72. The summed E-state index contributed by atoms with van der Waals surface area (Å²) < 4.78 is 5.87. The molecule has 1 saturated carbocycles. The third-order valence-corrected chi connectivity index (χ3v) is 7.27. The van der Waals surface area contributed by atoms with Crippen molar-refractivity contribution in [3.63, 3.8) is 0 Å². The highest BCUT2D eigenvalue weighted by molar-refractivity contribution is 5.94. The van der Waals surface area contributed by atoms with Gasteiger partial charge in [-0.3, -0.25) is 14.7 Å². The molecule has 0 unspecified atom stereocenters. The first-order valence-corrected chi connectivity index (χ1v) is 11.4. The lowest BCUT2D eigenvalue weighted by molar-refractivity contribution is -0.135. The van der Waals surface area contributed by atoms with Crippen molar-refractivity contribution in [2.24, 2.45) is 11.8 Å². The summed E-state index contributed by atoms with van der Waals surface area (Å²) in [6.07, 6.45) is 9.84. The lowest BCUT2D eigenvalue weighted by atomic mass is 9.86. The third-order valence-electron chi connectivity index (χ3n) is 7.27. The van der Waals surface area contributed by atoms with E-state index in [4.69, 9.17) is 4.74 Å². The van der Waals surface area contributed by atoms with E-state index in [0.717, 1.165) is 30.5 Å². The van der Waals surface area contributed by atoms with Crippen LogP contribution in [0.15, 0.2) is 0 Å². The maximum atomic E-state index is 13.3. The van der Waals surface area contributed by atoms with Gasteiger partial charge in [0.05, 0.1) is 19.3 Å². The fraction of sp³-hybridized carbons (Fsp3) is 0.773. The molecule has 2 aliphatic carbocycles. The summed E-state index contributed by atoms with van der Waals surface area (Å²) in [6.45, 7) is 3.04. The molecule has 29 heavy (non-hydrogen) atoms. The van der Waals surface area contributed by atoms with Gasteiger partial charge in [0.2, 0.25) is 5.91 Å². The van der Waals surface area contributed by atoms with Crippen molar-refractivity contribution in [3.8, 4) is 0 Å². The lowest BCUT2D eigenvalue weighted by Crippen LogP contribution is -2.48. The first-order valence-electron chi connectivity index (χ1n) is 11.4. The van der Waals surface area contributed by atoms with Crippen LogP contribution in [0.1, 0.15) is 66.7 Å². The number of aromatic amines is 1. The summed E-state index contributed by atoms with van der Waals surface area (Å²) in [4.78, 5) is 30.4. The van der Waals surface area contributed by atoms with Gasteiger partial charge in [0.15, 0.2) is 5.69 Å². The van der Waals surface area contributed by atoms with E-state index in [0.29, 0.717) is 50.9 Å². The van der Waals surface area contributed by atoms with Gasteiger partial charge in [0.25, 0.3) is 5.91 Å². The minimum absolute atomic E-state index is 0.0166. The number of aromatic nitrogens is 2. The van der Waals surface area contributed by atoms with Gasteiger partial charge in [-0.25, -0.2) is 0 Å². The van der Waals surface area contributed by atoms with Gasteiger partial charge in [-0.1, -0.05) is 19.3 Å². The molecule has 1 aromatic heterocycles. The molecule has 2 saturated heterocycles. The Morgan fingerprint density at radius 2 is 1.90 bits per heavy atom. The molecular formula is C22H32N4O3. The van der Waals surface area contributed by atoms with Crippen LogP contribution in [0.25, 0.3) is 0 Å². The monoisotopic (exact) mass is 400 g/mol. The van der Waals surface area contributed by atoms with Gasteiger partial charge in [-0.05, 0) is 38.0 Å². The molecule has 3 fully saturated rings. The molecule has 0 aromatic carbocycles. The number of aryl methyl sites for hydroxylation is 1. The van der Waals surface area contributed by atoms with Crippen LogP contribution in [0.2, 0.25) is 0 Å². The van der Waals surface area contributed by atoms with E-state index >= 15 is 0 Å². The van der Waals surface area contributed by atoms with Crippen LogP contribution in [0, 0.1) is 11.8 Å². The number of rotatable bonds is 3. The van der Waals surface area contributed by atoms with Gasteiger partial charge < -0.3 is 14.5 Å². The molecule has 5 rings (SSSR count). The molecular weight excluding hydrogens is 368 g/mol. The summed E-state index contributed by atoms with van der Waals surface area (Å²) >= 11 is 0. The van der Waals surface area contributed by atoms with Gasteiger partial charge in [-0.15, -0.1) is 0 Å². The number of nitrogens with zero attached hydrogens (tertiary/aromatic N) is 3. The minimum atomic E-state index is -0.0467. The molecule has 7 nitrogen and oxygen atoms in total. The number of nitrogens with one attached hydrogen (secondary N) is 1. The number of ether oxygens (including phenoxy) is 1. The first-order chi connectivity index (χ1) is 14.2. The normalized spacial score (nSPS) is 27.6. The molecule has 2 amide bonds. The smallest absolute Gasteiger partial charge is 0.274 e.